The number of nitrogens with one attached hydrogen (secondary N) is 1. The molecule has 0 aliphatic carbocycles. The second kappa shape index (κ2) is 5.76. The first-order chi connectivity index (χ1) is 8.70. The molecule has 3 N–H and O–H groups in total. The van der Waals surface area contributed by atoms with E-state index >= 15 is 0 Å². The van der Waals surface area contributed by atoms with Crippen molar-refractivity contribution in [3.05, 3.63) is 58.6 Å². The van der Waals surface area contributed by atoms with Crippen LogP contribution in [0.15, 0.2) is 42.5 Å². The summed E-state index contributed by atoms with van der Waals surface area (Å²) in [5.41, 5.74) is 2.71. The summed E-state index contributed by atoms with van der Waals surface area (Å²) in [5.74, 6) is 0.0798. The first-order valence-electron chi connectivity index (χ1n) is 5.60. The third kappa shape index (κ3) is 2.94. The van der Waals surface area contributed by atoms with Crippen molar-refractivity contribution in [1.29, 1.82) is 0 Å². The Morgan fingerprint density at radius 1 is 1.11 bits per heavy atom. The standard InChI is InChI=1S/C14H14ClNO2/c15-12-7-10(5-6-14(12)18)8-16-13-4-2-1-3-11(13)9-17/h1-7,16-18H,8-9H2. The summed E-state index contributed by atoms with van der Waals surface area (Å²) in [7, 11) is 0. The van der Waals surface area contributed by atoms with Crippen molar-refractivity contribution < 1.29 is 10.2 Å². The molecule has 0 amide bonds. The lowest BCUT2D eigenvalue weighted by Crippen LogP contribution is -2.02. The molecule has 0 heterocycles. The molecule has 0 spiro atoms. The number of hydrogen-bond donors (Lipinski definition) is 3. The molecule has 0 aliphatic rings. The van der Waals surface area contributed by atoms with E-state index in [-0.39, 0.29) is 12.4 Å². The molecule has 0 aliphatic heterocycles. The molecule has 0 saturated heterocycles. The Labute approximate surface area is 111 Å². The van der Waals surface area contributed by atoms with Crippen LogP contribution in [0.4, 0.5) is 5.69 Å². The molecule has 0 aromatic heterocycles. The number of hydrogen-bond acceptors (Lipinski definition) is 3. The fourth-order valence-electron chi connectivity index (χ4n) is 1.69. The number of aliphatic hydroxyl groups excluding tert-OH is 1. The number of anilines is 1. The number of aliphatic hydroxyl groups is 1. The van der Waals surface area contributed by atoms with Gasteiger partial charge in [0, 0.05) is 17.8 Å². The molecule has 0 unspecified atom stereocenters. The van der Waals surface area contributed by atoms with Crippen LogP contribution in [-0.4, -0.2) is 10.2 Å². The number of benzene rings is 2. The van der Waals surface area contributed by atoms with Gasteiger partial charge in [-0.25, -0.2) is 0 Å². The minimum absolute atomic E-state index is 0.000489. The van der Waals surface area contributed by atoms with E-state index in [2.05, 4.69) is 5.32 Å². The normalized spacial score (nSPS) is 10.3. The van der Waals surface area contributed by atoms with Crippen LogP contribution in [0.3, 0.4) is 0 Å². The van der Waals surface area contributed by atoms with E-state index in [0.29, 0.717) is 11.6 Å². The second-order valence-electron chi connectivity index (χ2n) is 3.95. The molecule has 2 aromatic rings. The van der Waals surface area contributed by atoms with Gasteiger partial charge < -0.3 is 15.5 Å². The molecular weight excluding hydrogens is 250 g/mol. The van der Waals surface area contributed by atoms with Crippen LogP contribution in [0, 0.1) is 0 Å². The lowest BCUT2D eigenvalue weighted by molar-refractivity contribution is 0.282. The molecule has 0 atom stereocenters. The molecule has 18 heavy (non-hydrogen) atoms. The van der Waals surface area contributed by atoms with Gasteiger partial charge in [-0.15, -0.1) is 0 Å². The second-order valence-corrected chi connectivity index (χ2v) is 4.36. The molecule has 94 valence electrons. The maximum Gasteiger partial charge on any atom is 0.134 e. The Morgan fingerprint density at radius 3 is 2.61 bits per heavy atom. The molecule has 2 aromatic carbocycles. The molecule has 0 radical (unpaired) electrons. The molecule has 4 heteroatoms. The van der Waals surface area contributed by atoms with E-state index in [0.717, 1.165) is 16.8 Å². The first kappa shape index (κ1) is 12.7. The summed E-state index contributed by atoms with van der Waals surface area (Å²) >= 11 is 5.84. The van der Waals surface area contributed by atoms with Gasteiger partial charge in [-0.3, -0.25) is 0 Å². The van der Waals surface area contributed by atoms with Crippen LogP contribution >= 0.6 is 11.6 Å². The summed E-state index contributed by atoms with van der Waals surface area (Å²) in [6.07, 6.45) is 0. The number of para-hydroxylation sites is 1. The molecular formula is C14H14ClNO2. The van der Waals surface area contributed by atoms with E-state index in [1.54, 1.807) is 18.2 Å². The highest BCUT2D eigenvalue weighted by Gasteiger charge is 2.02. The van der Waals surface area contributed by atoms with Crippen molar-refractivity contribution >= 4 is 17.3 Å². The van der Waals surface area contributed by atoms with Crippen molar-refractivity contribution in [2.45, 2.75) is 13.2 Å². The van der Waals surface area contributed by atoms with Crippen LogP contribution in [0.5, 0.6) is 5.75 Å². The maximum absolute atomic E-state index is 9.33. The van der Waals surface area contributed by atoms with Gasteiger partial charge in [-0.1, -0.05) is 35.9 Å². The third-order valence-electron chi connectivity index (χ3n) is 2.68. The SMILES string of the molecule is OCc1ccccc1NCc1ccc(O)c(Cl)c1. The van der Waals surface area contributed by atoms with E-state index in [4.69, 9.17) is 11.6 Å². The Morgan fingerprint density at radius 2 is 1.89 bits per heavy atom. The summed E-state index contributed by atoms with van der Waals surface area (Å²) < 4.78 is 0. The van der Waals surface area contributed by atoms with E-state index in [9.17, 15) is 10.2 Å². The number of rotatable bonds is 4. The fraction of sp³-hybridized carbons (Fsp3) is 0.143. The van der Waals surface area contributed by atoms with Crippen molar-refractivity contribution in [1.82, 2.24) is 0 Å². The number of phenolic OH excluding ortho intramolecular Hbond substituents is 1. The number of halogens is 1. The molecule has 3 nitrogen and oxygen atoms in total. The largest absolute Gasteiger partial charge is 0.506 e. The lowest BCUT2D eigenvalue weighted by Gasteiger charge is -2.10. The van der Waals surface area contributed by atoms with Gasteiger partial charge in [0.15, 0.2) is 0 Å². The minimum atomic E-state index is -0.000489. The summed E-state index contributed by atoms with van der Waals surface area (Å²) in [6, 6.07) is 12.7. The monoisotopic (exact) mass is 263 g/mol. The van der Waals surface area contributed by atoms with Crippen LogP contribution in [0.25, 0.3) is 0 Å². The van der Waals surface area contributed by atoms with Gasteiger partial charge in [0.1, 0.15) is 5.75 Å². The minimum Gasteiger partial charge on any atom is -0.506 e. The van der Waals surface area contributed by atoms with Crippen LogP contribution < -0.4 is 5.32 Å². The Balaban J connectivity index is 2.09. The first-order valence-corrected chi connectivity index (χ1v) is 5.98. The fourth-order valence-corrected chi connectivity index (χ4v) is 1.89. The van der Waals surface area contributed by atoms with Crippen LogP contribution in [0.1, 0.15) is 11.1 Å². The molecule has 2 rings (SSSR count). The highest BCUT2D eigenvalue weighted by Crippen LogP contribution is 2.24. The van der Waals surface area contributed by atoms with Crippen molar-refractivity contribution in [3.63, 3.8) is 0 Å². The molecule has 0 fully saturated rings. The average Bonchev–Trinajstić information content (AvgIpc) is 2.40. The molecule has 0 saturated carbocycles. The van der Waals surface area contributed by atoms with Gasteiger partial charge in [0.2, 0.25) is 0 Å². The topological polar surface area (TPSA) is 52.5 Å². The van der Waals surface area contributed by atoms with Gasteiger partial charge in [-0.2, -0.15) is 0 Å². The predicted molar refractivity (Wildman–Crippen MR) is 72.8 cm³/mol. The Kier molecular flexibility index (Phi) is 4.07. The quantitative estimate of drug-likeness (QED) is 0.794. The Hall–Kier alpha value is -1.71. The van der Waals surface area contributed by atoms with Gasteiger partial charge in [-0.05, 0) is 23.8 Å². The lowest BCUT2D eigenvalue weighted by atomic mass is 10.1. The van der Waals surface area contributed by atoms with E-state index < -0.39 is 0 Å². The van der Waals surface area contributed by atoms with Crippen LogP contribution in [0.2, 0.25) is 5.02 Å². The predicted octanol–water partition coefficient (Wildman–Crippen LogP) is 3.15. The number of phenols is 1. The van der Waals surface area contributed by atoms with Crippen molar-refractivity contribution in [2.75, 3.05) is 5.32 Å². The van der Waals surface area contributed by atoms with E-state index in [1.807, 2.05) is 24.3 Å². The number of aromatic hydroxyl groups is 1. The summed E-state index contributed by atoms with van der Waals surface area (Å²) in [5, 5.41) is 22.1. The smallest absolute Gasteiger partial charge is 0.134 e. The highest BCUT2D eigenvalue weighted by molar-refractivity contribution is 6.32. The highest BCUT2D eigenvalue weighted by atomic mass is 35.5. The van der Waals surface area contributed by atoms with Gasteiger partial charge in [0.05, 0.1) is 11.6 Å². The third-order valence-corrected chi connectivity index (χ3v) is 2.99. The van der Waals surface area contributed by atoms with Gasteiger partial charge >= 0.3 is 0 Å². The zero-order valence-electron chi connectivity index (χ0n) is 9.73. The zero-order chi connectivity index (χ0) is 13.0. The van der Waals surface area contributed by atoms with Crippen LogP contribution in [-0.2, 0) is 13.2 Å². The molecule has 0 bridgehead atoms. The van der Waals surface area contributed by atoms with Gasteiger partial charge in [0.25, 0.3) is 0 Å². The summed E-state index contributed by atoms with van der Waals surface area (Å²) in [6.45, 7) is 0.580. The van der Waals surface area contributed by atoms with Crippen molar-refractivity contribution in [3.8, 4) is 5.75 Å². The van der Waals surface area contributed by atoms with E-state index in [1.165, 1.54) is 0 Å². The van der Waals surface area contributed by atoms with Crippen molar-refractivity contribution in [2.24, 2.45) is 0 Å². The zero-order valence-corrected chi connectivity index (χ0v) is 10.5. The Bertz CT molecular complexity index is 543. The average molecular weight is 264 g/mol. The maximum atomic E-state index is 9.33. The summed E-state index contributed by atoms with van der Waals surface area (Å²) in [4.78, 5) is 0.